The normalized spacial score (nSPS) is 15.6. The second-order valence-electron chi connectivity index (χ2n) is 5.18. The lowest BCUT2D eigenvalue weighted by Crippen LogP contribution is -2.28. The number of nitrogens with zero attached hydrogens (tertiary/aromatic N) is 1. The van der Waals surface area contributed by atoms with Crippen molar-refractivity contribution in [2.24, 2.45) is 0 Å². The Hall–Kier alpha value is -0.280. The van der Waals surface area contributed by atoms with Gasteiger partial charge in [0.15, 0.2) is 0 Å². The molecule has 116 valence electrons. The first kappa shape index (κ1) is 19.7. The molecule has 1 heterocycles. The van der Waals surface area contributed by atoms with Crippen molar-refractivity contribution in [3.05, 3.63) is 35.4 Å². The first-order valence-corrected chi connectivity index (χ1v) is 7.36. The van der Waals surface area contributed by atoms with Gasteiger partial charge in [0.05, 0.1) is 0 Å². The number of benzene rings is 1. The molecule has 0 spiro atoms. The Kier molecular flexibility index (Phi) is 10.3. The second-order valence-corrected chi connectivity index (χ2v) is 5.18. The quantitative estimate of drug-likeness (QED) is 0.887. The van der Waals surface area contributed by atoms with E-state index < -0.39 is 0 Å². The molecule has 0 saturated carbocycles. The van der Waals surface area contributed by atoms with Crippen LogP contribution in [0.2, 0.25) is 0 Å². The first-order valence-electron chi connectivity index (χ1n) is 7.36. The second kappa shape index (κ2) is 10.4. The molecule has 1 aliphatic rings. The van der Waals surface area contributed by atoms with Crippen LogP contribution in [0.15, 0.2) is 24.3 Å². The molecule has 1 fully saturated rings. The van der Waals surface area contributed by atoms with Gasteiger partial charge in [-0.15, -0.1) is 24.8 Å². The lowest BCUT2D eigenvalue weighted by atomic mass is 9.87. The fourth-order valence-electron chi connectivity index (χ4n) is 2.90. The van der Waals surface area contributed by atoms with Gasteiger partial charge >= 0.3 is 0 Å². The summed E-state index contributed by atoms with van der Waals surface area (Å²) in [6, 6.07) is 9.04. The van der Waals surface area contributed by atoms with E-state index in [0.717, 1.165) is 25.6 Å². The standard InChI is InChI=1S/C16H26N2.2ClH/c1-3-18(4-2)13-15-7-5-6-8-16(15)14-9-11-17-12-10-14;;/h5-8,14,17H,3-4,9-13H2,1-2H3;2*1H. The fourth-order valence-corrected chi connectivity index (χ4v) is 2.90. The largest absolute Gasteiger partial charge is 0.317 e. The Labute approximate surface area is 136 Å². The van der Waals surface area contributed by atoms with E-state index in [-0.39, 0.29) is 24.8 Å². The fraction of sp³-hybridized carbons (Fsp3) is 0.625. The molecule has 1 saturated heterocycles. The van der Waals surface area contributed by atoms with Crippen molar-refractivity contribution in [1.29, 1.82) is 0 Å². The maximum atomic E-state index is 3.46. The molecule has 4 heteroatoms. The minimum Gasteiger partial charge on any atom is -0.317 e. The van der Waals surface area contributed by atoms with Crippen LogP contribution in [-0.4, -0.2) is 31.1 Å². The number of halogens is 2. The third-order valence-corrected chi connectivity index (χ3v) is 4.12. The summed E-state index contributed by atoms with van der Waals surface area (Å²) >= 11 is 0. The van der Waals surface area contributed by atoms with E-state index in [4.69, 9.17) is 0 Å². The summed E-state index contributed by atoms with van der Waals surface area (Å²) in [5.74, 6) is 0.762. The SMILES string of the molecule is CCN(CC)Cc1ccccc1C1CCNCC1.Cl.Cl. The minimum atomic E-state index is 0. The Morgan fingerprint density at radius 1 is 1.05 bits per heavy atom. The van der Waals surface area contributed by atoms with E-state index in [2.05, 4.69) is 48.3 Å². The molecule has 0 amide bonds. The summed E-state index contributed by atoms with van der Waals surface area (Å²) in [4.78, 5) is 2.50. The summed E-state index contributed by atoms with van der Waals surface area (Å²) in [5, 5.41) is 3.46. The van der Waals surface area contributed by atoms with Gasteiger partial charge in [0.25, 0.3) is 0 Å². The molecule has 0 aliphatic carbocycles. The molecule has 0 radical (unpaired) electrons. The van der Waals surface area contributed by atoms with Gasteiger partial charge < -0.3 is 5.32 Å². The highest BCUT2D eigenvalue weighted by atomic mass is 35.5. The van der Waals surface area contributed by atoms with Crippen molar-refractivity contribution in [1.82, 2.24) is 10.2 Å². The summed E-state index contributed by atoms with van der Waals surface area (Å²) in [6.45, 7) is 10.2. The van der Waals surface area contributed by atoms with Gasteiger partial charge in [-0.3, -0.25) is 4.90 Å². The topological polar surface area (TPSA) is 15.3 Å². The summed E-state index contributed by atoms with van der Waals surface area (Å²) in [5.41, 5.74) is 3.12. The Morgan fingerprint density at radius 3 is 2.25 bits per heavy atom. The van der Waals surface area contributed by atoms with E-state index in [1.165, 1.54) is 31.5 Å². The molecule has 20 heavy (non-hydrogen) atoms. The number of hydrogen-bond acceptors (Lipinski definition) is 2. The van der Waals surface area contributed by atoms with Crippen molar-refractivity contribution in [3.8, 4) is 0 Å². The van der Waals surface area contributed by atoms with Crippen molar-refractivity contribution in [2.75, 3.05) is 26.2 Å². The zero-order chi connectivity index (χ0) is 12.8. The Bertz CT molecular complexity index is 361. The van der Waals surface area contributed by atoms with Crippen LogP contribution in [0.3, 0.4) is 0 Å². The van der Waals surface area contributed by atoms with Crippen LogP contribution < -0.4 is 5.32 Å². The average molecular weight is 319 g/mol. The van der Waals surface area contributed by atoms with Crippen molar-refractivity contribution < 1.29 is 0 Å². The van der Waals surface area contributed by atoms with E-state index in [0.29, 0.717) is 0 Å². The highest BCUT2D eigenvalue weighted by Gasteiger charge is 2.18. The van der Waals surface area contributed by atoms with Gasteiger partial charge in [0, 0.05) is 6.54 Å². The van der Waals surface area contributed by atoms with Crippen molar-refractivity contribution >= 4 is 24.8 Å². The molecule has 1 aromatic rings. The van der Waals surface area contributed by atoms with Crippen LogP contribution in [0.25, 0.3) is 0 Å². The number of rotatable bonds is 5. The lowest BCUT2D eigenvalue weighted by Gasteiger charge is -2.27. The highest BCUT2D eigenvalue weighted by molar-refractivity contribution is 5.85. The van der Waals surface area contributed by atoms with Gasteiger partial charge in [-0.25, -0.2) is 0 Å². The predicted octanol–water partition coefficient (Wildman–Crippen LogP) is 3.84. The van der Waals surface area contributed by atoms with Gasteiger partial charge in [-0.2, -0.15) is 0 Å². The maximum absolute atomic E-state index is 3.46. The zero-order valence-corrected chi connectivity index (χ0v) is 14.2. The average Bonchev–Trinajstić information content (AvgIpc) is 2.46. The van der Waals surface area contributed by atoms with Crippen LogP contribution in [0.1, 0.15) is 43.7 Å². The summed E-state index contributed by atoms with van der Waals surface area (Å²) < 4.78 is 0. The lowest BCUT2D eigenvalue weighted by molar-refractivity contribution is 0.293. The van der Waals surface area contributed by atoms with Crippen molar-refractivity contribution in [3.63, 3.8) is 0 Å². The molecule has 1 aliphatic heterocycles. The predicted molar refractivity (Wildman–Crippen MR) is 92.4 cm³/mol. The minimum absolute atomic E-state index is 0. The smallest absolute Gasteiger partial charge is 0.0236 e. The number of nitrogens with one attached hydrogen (secondary N) is 1. The van der Waals surface area contributed by atoms with Gasteiger partial charge in [0.1, 0.15) is 0 Å². The molecule has 0 atom stereocenters. The van der Waals surface area contributed by atoms with Crippen molar-refractivity contribution in [2.45, 2.75) is 39.2 Å². The molecule has 0 unspecified atom stereocenters. The van der Waals surface area contributed by atoms with Gasteiger partial charge in [0.2, 0.25) is 0 Å². The van der Waals surface area contributed by atoms with E-state index in [1.807, 2.05) is 0 Å². The van der Waals surface area contributed by atoms with E-state index >= 15 is 0 Å². The molecule has 2 nitrogen and oxygen atoms in total. The molecule has 1 N–H and O–H groups in total. The molecule has 0 bridgehead atoms. The van der Waals surface area contributed by atoms with Gasteiger partial charge in [-0.1, -0.05) is 38.1 Å². The maximum Gasteiger partial charge on any atom is 0.0236 e. The number of piperidine rings is 1. The third kappa shape index (κ3) is 5.25. The monoisotopic (exact) mass is 318 g/mol. The van der Waals surface area contributed by atoms with Crippen LogP contribution >= 0.6 is 24.8 Å². The first-order chi connectivity index (χ1) is 8.85. The molecule has 2 rings (SSSR count). The third-order valence-electron chi connectivity index (χ3n) is 4.12. The molecule has 0 aromatic heterocycles. The summed E-state index contributed by atoms with van der Waals surface area (Å²) in [7, 11) is 0. The summed E-state index contributed by atoms with van der Waals surface area (Å²) in [6.07, 6.45) is 2.57. The Balaban J connectivity index is 0.00000180. The number of hydrogen-bond donors (Lipinski definition) is 1. The molecule has 1 aromatic carbocycles. The van der Waals surface area contributed by atoms with Gasteiger partial charge in [-0.05, 0) is 56.1 Å². The van der Waals surface area contributed by atoms with Crippen LogP contribution in [0.4, 0.5) is 0 Å². The van der Waals surface area contributed by atoms with Crippen LogP contribution in [0, 0.1) is 0 Å². The van der Waals surface area contributed by atoms with Crippen LogP contribution in [0.5, 0.6) is 0 Å². The Morgan fingerprint density at radius 2 is 1.65 bits per heavy atom. The molecular weight excluding hydrogens is 291 g/mol. The van der Waals surface area contributed by atoms with E-state index in [9.17, 15) is 0 Å². The zero-order valence-electron chi connectivity index (χ0n) is 12.6. The highest BCUT2D eigenvalue weighted by Crippen LogP contribution is 2.28. The molecular formula is C16H28Cl2N2. The van der Waals surface area contributed by atoms with Crippen LogP contribution in [-0.2, 0) is 6.54 Å². The van der Waals surface area contributed by atoms with E-state index in [1.54, 1.807) is 5.56 Å².